The lowest BCUT2D eigenvalue weighted by Gasteiger charge is -2.37. The van der Waals surface area contributed by atoms with Crippen LogP contribution in [-0.4, -0.2) is 36.9 Å². The number of amides is 1. The van der Waals surface area contributed by atoms with E-state index < -0.39 is 35.5 Å². The number of nitrogens with one attached hydrogen (secondary N) is 1. The summed E-state index contributed by atoms with van der Waals surface area (Å²) in [5.74, 6) is -1.88. The maximum Gasteiger partial charge on any atom is 0.314 e. The zero-order valence-corrected chi connectivity index (χ0v) is 26.2. The molecule has 1 spiro atoms. The average Bonchev–Trinajstić information content (AvgIpc) is 3.63. The highest BCUT2D eigenvalue weighted by Crippen LogP contribution is 2.58. The van der Waals surface area contributed by atoms with Crippen molar-refractivity contribution in [3.05, 3.63) is 167 Å². The van der Waals surface area contributed by atoms with Gasteiger partial charge in [0, 0.05) is 16.9 Å². The number of nitrogens with zero attached hydrogens (tertiary/aromatic N) is 1. The number of rotatable bonds is 7. The standard InChI is InChI=1S/C41H32N2O5/c1-47-30-23-20-27(21-24-30)37(44)36-35(39(45)48-38(28-13-4-2-5-14-28)29-15-6-3-7-16-29)41(31-17-9-10-18-32(31)42-40(41)46)34-25-22-26-12-8-11-19-33(26)43(34)36/h2-25,34-36,38H,1H3,(H,42,46)/t34-,35-,36+,41+/m1/s1. The second kappa shape index (κ2) is 11.7. The Bertz CT molecular complexity index is 2020. The van der Waals surface area contributed by atoms with E-state index in [1.807, 2.05) is 126 Å². The first-order chi connectivity index (χ1) is 23.5. The van der Waals surface area contributed by atoms with Crippen LogP contribution in [0, 0.1) is 5.92 Å². The van der Waals surface area contributed by atoms with Crippen LogP contribution in [0.3, 0.4) is 0 Å². The third-order valence-electron chi connectivity index (χ3n) is 9.88. The Morgan fingerprint density at radius 1 is 0.771 bits per heavy atom. The van der Waals surface area contributed by atoms with Crippen LogP contribution in [0.1, 0.15) is 38.7 Å². The SMILES string of the molecule is COc1ccc(C(=O)[C@@H]2[C@H](C(=O)OC(c3ccccc3)c3ccccc3)[C@@]3(C(=O)Nc4ccccc43)[C@H]3C=Cc4ccccc4N23)cc1. The van der Waals surface area contributed by atoms with Gasteiger partial charge in [-0.2, -0.15) is 0 Å². The molecule has 5 aromatic rings. The molecular weight excluding hydrogens is 600 g/mol. The average molecular weight is 633 g/mol. The first-order valence-corrected chi connectivity index (χ1v) is 16.0. The van der Waals surface area contributed by atoms with Crippen molar-refractivity contribution in [3.8, 4) is 5.75 Å². The molecule has 7 heteroatoms. The molecule has 7 nitrogen and oxygen atoms in total. The summed E-state index contributed by atoms with van der Waals surface area (Å²) in [5.41, 5.74) is 3.43. The fraction of sp³-hybridized carbons (Fsp3) is 0.146. The van der Waals surface area contributed by atoms with Gasteiger partial charge in [-0.05, 0) is 58.7 Å². The van der Waals surface area contributed by atoms with E-state index in [-0.39, 0.29) is 11.7 Å². The summed E-state index contributed by atoms with van der Waals surface area (Å²) >= 11 is 0. The normalized spacial score (nSPS) is 21.8. The van der Waals surface area contributed by atoms with Gasteiger partial charge in [0.25, 0.3) is 0 Å². The van der Waals surface area contributed by atoms with E-state index in [9.17, 15) is 9.59 Å². The molecular formula is C41H32N2O5. The number of carbonyl (C=O) groups is 3. The van der Waals surface area contributed by atoms with Crippen molar-refractivity contribution in [2.24, 2.45) is 5.92 Å². The van der Waals surface area contributed by atoms with Crippen molar-refractivity contribution in [1.29, 1.82) is 0 Å². The van der Waals surface area contributed by atoms with E-state index in [1.54, 1.807) is 31.4 Å². The van der Waals surface area contributed by atoms with Crippen LogP contribution in [0.2, 0.25) is 0 Å². The van der Waals surface area contributed by atoms with Crippen LogP contribution in [0.15, 0.2) is 140 Å². The molecule has 48 heavy (non-hydrogen) atoms. The van der Waals surface area contributed by atoms with E-state index in [1.165, 1.54) is 0 Å². The van der Waals surface area contributed by atoms with Crippen LogP contribution in [0.25, 0.3) is 6.08 Å². The minimum absolute atomic E-state index is 0.292. The number of benzene rings is 5. The number of carbonyl (C=O) groups excluding carboxylic acids is 3. The minimum Gasteiger partial charge on any atom is -0.497 e. The topological polar surface area (TPSA) is 84.9 Å². The van der Waals surface area contributed by atoms with Crippen molar-refractivity contribution in [3.63, 3.8) is 0 Å². The number of ether oxygens (including phenoxy) is 2. The molecule has 0 aromatic heterocycles. The molecule has 0 bridgehead atoms. The molecule has 0 radical (unpaired) electrons. The van der Waals surface area contributed by atoms with E-state index in [0.29, 0.717) is 22.6 Å². The number of methoxy groups -OCH3 is 1. The summed E-state index contributed by atoms with van der Waals surface area (Å²) in [4.78, 5) is 46.8. The molecule has 3 heterocycles. The molecule has 3 aliphatic rings. The Morgan fingerprint density at radius 2 is 1.40 bits per heavy atom. The molecule has 5 aromatic carbocycles. The molecule has 8 rings (SSSR count). The third kappa shape index (κ3) is 4.46. The summed E-state index contributed by atoms with van der Waals surface area (Å²) in [6, 6.07) is 39.4. The number of para-hydroxylation sites is 2. The molecule has 1 amide bonds. The van der Waals surface area contributed by atoms with Crippen molar-refractivity contribution in [2.45, 2.75) is 23.6 Å². The zero-order valence-electron chi connectivity index (χ0n) is 26.2. The molecule has 0 saturated carbocycles. The molecule has 1 fully saturated rings. The highest BCUT2D eigenvalue weighted by Gasteiger charge is 2.71. The second-order valence-corrected chi connectivity index (χ2v) is 12.3. The first-order valence-electron chi connectivity index (χ1n) is 16.0. The van der Waals surface area contributed by atoms with Crippen molar-refractivity contribution >= 4 is 35.1 Å². The maximum atomic E-state index is 15.2. The number of hydrogen-bond donors (Lipinski definition) is 1. The molecule has 0 aliphatic carbocycles. The van der Waals surface area contributed by atoms with Crippen molar-refractivity contribution in [1.82, 2.24) is 0 Å². The van der Waals surface area contributed by atoms with E-state index in [2.05, 4.69) is 5.32 Å². The van der Waals surface area contributed by atoms with Gasteiger partial charge in [-0.1, -0.05) is 109 Å². The Labute approximate surface area is 278 Å². The highest BCUT2D eigenvalue weighted by molar-refractivity contribution is 6.15. The van der Waals surface area contributed by atoms with Gasteiger partial charge in [-0.25, -0.2) is 0 Å². The molecule has 1 saturated heterocycles. The van der Waals surface area contributed by atoms with Crippen LogP contribution < -0.4 is 15.0 Å². The first kappa shape index (κ1) is 29.5. The van der Waals surface area contributed by atoms with E-state index in [4.69, 9.17) is 9.47 Å². The van der Waals surface area contributed by atoms with Gasteiger partial charge < -0.3 is 19.7 Å². The fourth-order valence-corrected chi connectivity index (χ4v) is 7.78. The minimum atomic E-state index is -1.47. The molecule has 4 atom stereocenters. The van der Waals surface area contributed by atoms with Crippen LogP contribution in [0.4, 0.5) is 11.4 Å². The molecule has 0 unspecified atom stereocenters. The molecule has 3 aliphatic heterocycles. The Kier molecular flexibility index (Phi) is 7.17. The Morgan fingerprint density at radius 3 is 2.08 bits per heavy atom. The van der Waals surface area contributed by atoms with Gasteiger partial charge >= 0.3 is 5.97 Å². The lowest BCUT2D eigenvalue weighted by molar-refractivity contribution is -0.156. The summed E-state index contributed by atoms with van der Waals surface area (Å²) in [6.45, 7) is 0. The summed E-state index contributed by atoms with van der Waals surface area (Å²) < 4.78 is 11.9. The smallest absolute Gasteiger partial charge is 0.314 e. The molecule has 1 N–H and O–H groups in total. The van der Waals surface area contributed by atoms with Crippen molar-refractivity contribution in [2.75, 3.05) is 17.3 Å². The maximum absolute atomic E-state index is 15.2. The summed E-state index contributed by atoms with van der Waals surface area (Å²) in [5, 5.41) is 3.07. The zero-order chi connectivity index (χ0) is 32.8. The third-order valence-corrected chi connectivity index (χ3v) is 9.88. The quantitative estimate of drug-likeness (QED) is 0.154. The van der Waals surface area contributed by atoms with E-state index >= 15 is 4.79 Å². The van der Waals surface area contributed by atoms with Gasteiger partial charge in [0.15, 0.2) is 11.9 Å². The highest BCUT2D eigenvalue weighted by atomic mass is 16.5. The monoisotopic (exact) mass is 632 g/mol. The van der Waals surface area contributed by atoms with E-state index in [0.717, 1.165) is 22.4 Å². The lowest BCUT2D eigenvalue weighted by atomic mass is 9.66. The van der Waals surface area contributed by atoms with Crippen LogP contribution in [-0.2, 0) is 19.7 Å². The Balaban J connectivity index is 1.35. The number of ketones is 1. The van der Waals surface area contributed by atoms with Gasteiger partial charge in [-0.3, -0.25) is 14.4 Å². The fourth-order valence-electron chi connectivity index (χ4n) is 7.78. The van der Waals surface area contributed by atoms with Gasteiger partial charge in [0.1, 0.15) is 23.1 Å². The van der Waals surface area contributed by atoms with Gasteiger partial charge in [0.05, 0.1) is 13.2 Å². The molecule has 236 valence electrons. The lowest BCUT2D eigenvalue weighted by Crippen LogP contribution is -2.51. The number of hydrogen-bond acceptors (Lipinski definition) is 6. The number of fused-ring (bicyclic) bond motifs is 6. The predicted molar refractivity (Wildman–Crippen MR) is 184 cm³/mol. The summed E-state index contributed by atoms with van der Waals surface area (Å²) in [7, 11) is 1.57. The largest absolute Gasteiger partial charge is 0.497 e. The van der Waals surface area contributed by atoms with Gasteiger partial charge in [-0.15, -0.1) is 0 Å². The van der Waals surface area contributed by atoms with Crippen LogP contribution in [0.5, 0.6) is 5.75 Å². The Hall–Kier alpha value is -5.95. The number of esters is 1. The predicted octanol–water partition coefficient (Wildman–Crippen LogP) is 7.00. The van der Waals surface area contributed by atoms with Crippen LogP contribution >= 0.6 is 0 Å². The van der Waals surface area contributed by atoms with Crippen molar-refractivity contribution < 1.29 is 23.9 Å². The number of anilines is 2. The number of Topliss-reactive ketones (excluding diaryl/α,β-unsaturated/α-hetero) is 1. The van der Waals surface area contributed by atoms with Gasteiger partial charge in [0.2, 0.25) is 5.91 Å². The second-order valence-electron chi connectivity index (χ2n) is 12.3. The summed E-state index contributed by atoms with van der Waals surface area (Å²) in [6.07, 6.45) is 3.16.